The number of esters is 1. The van der Waals surface area contributed by atoms with Gasteiger partial charge in [0.05, 0.1) is 13.2 Å². The summed E-state index contributed by atoms with van der Waals surface area (Å²) in [5, 5.41) is 101. The van der Waals surface area contributed by atoms with Crippen molar-refractivity contribution in [2.45, 2.75) is 92.4 Å². The van der Waals surface area contributed by atoms with Gasteiger partial charge in [-0.3, -0.25) is 4.79 Å². The van der Waals surface area contributed by atoms with Crippen molar-refractivity contribution >= 4 is 5.97 Å². The van der Waals surface area contributed by atoms with Crippen LogP contribution in [-0.2, 0) is 33.2 Å². The van der Waals surface area contributed by atoms with E-state index >= 15 is 0 Å². The number of hydrogen-bond donors (Lipinski definition) is 10. The summed E-state index contributed by atoms with van der Waals surface area (Å²) in [7, 11) is 0. The first-order valence-corrected chi connectivity index (χ1v) is 11.4. The SMILES string of the molecule is CC(=O)OC[C@H]1O[C@@H](O[C@H]2[C@@H](O[C@]3(CO)O[C@H](CO)[C@@H](O)[C@@H]3O)O[C@H](CO)[C@@H](O)[C@@H]2O)[C@H](O)[C@@H](O)[C@@H]1O. The predicted octanol–water partition coefficient (Wildman–Crippen LogP) is -7.00. The Hall–Kier alpha value is -1.13. The van der Waals surface area contributed by atoms with Crippen molar-refractivity contribution in [3.8, 4) is 0 Å². The molecule has 0 aliphatic carbocycles. The van der Waals surface area contributed by atoms with E-state index in [-0.39, 0.29) is 0 Å². The molecule has 0 unspecified atom stereocenters. The fraction of sp³-hybridized carbons (Fsp3) is 0.950. The van der Waals surface area contributed by atoms with Crippen molar-refractivity contribution in [2.75, 3.05) is 26.4 Å². The third kappa shape index (κ3) is 6.06. The molecule has 216 valence electrons. The highest BCUT2D eigenvalue weighted by Crippen LogP contribution is 2.37. The monoisotopic (exact) mass is 546 g/mol. The fourth-order valence-electron chi connectivity index (χ4n) is 4.28. The first-order chi connectivity index (χ1) is 17.4. The molecule has 0 spiro atoms. The van der Waals surface area contributed by atoms with E-state index in [1.54, 1.807) is 0 Å². The molecule has 0 amide bonds. The molecule has 3 saturated heterocycles. The van der Waals surface area contributed by atoms with Gasteiger partial charge in [-0.25, -0.2) is 0 Å². The van der Waals surface area contributed by atoms with E-state index in [1.165, 1.54) is 0 Å². The summed E-state index contributed by atoms with van der Waals surface area (Å²) in [6, 6.07) is 0. The molecule has 3 fully saturated rings. The lowest BCUT2D eigenvalue weighted by Crippen LogP contribution is -2.66. The number of hydrogen-bond acceptors (Lipinski definition) is 17. The minimum absolute atomic E-state index is 0.549. The van der Waals surface area contributed by atoms with E-state index in [4.69, 9.17) is 28.4 Å². The number of carbonyl (C=O) groups excluding carboxylic acids is 1. The minimum atomic E-state index is -2.43. The predicted molar refractivity (Wildman–Crippen MR) is 111 cm³/mol. The smallest absolute Gasteiger partial charge is 0.302 e. The van der Waals surface area contributed by atoms with Crippen LogP contribution in [0.25, 0.3) is 0 Å². The van der Waals surface area contributed by atoms with Crippen LogP contribution in [0.1, 0.15) is 6.92 Å². The average Bonchev–Trinajstić information content (AvgIpc) is 3.12. The van der Waals surface area contributed by atoms with Crippen molar-refractivity contribution in [2.24, 2.45) is 0 Å². The molecule has 0 radical (unpaired) electrons. The Balaban J connectivity index is 1.86. The maximum Gasteiger partial charge on any atom is 0.302 e. The fourth-order valence-corrected chi connectivity index (χ4v) is 4.28. The number of aliphatic hydroxyl groups excluding tert-OH is 10. The normalized spacial score (nSPS) is 48.7. The second kappa shape index (κ2) is 12.4. The van der Waals surface area contributed by atoms with E-state index in [0.29, 0.717) is 0 Å². The van der Waals surface area contributed by atoms with Gasteiger partial charge in [0, 0.05) is 6.92 Å². The standard InChI is InChI=1S/C20H34O17/c1-6(24)32-4-9-11(26)13(28)15(30)18(34-9)35-16-14(29)10(25)7(2-21)33-19(16)37-20(5-23)17(31)12(27)8(3-22)36-20/h7-19,21-23,25-31H,2-5H2,1H3/t7-,8-,9-,10-,11-,12-,13+,14+,15-,16-,17+,18+,19-,20+/m1/s1. The van der Waals surface area contributed by atoms with Gasteiger partial charge >= 0.3 is 5.97 Å². The number of ether oxygens (including phenoxy) is 6. The van der Waals surface area contributed by atoms with Crippen LogP contribution in [0.15, 0.2) is 0 Å². The molecular weight excluding hydrogens is 512 g/mol. The van der Waals surface area contributed by atoms with Crippen molar-refractivity contribution < 1.29 is 84.3 Å². The molecule has 3 heterocycles. The van der Waals surface area contributed by atoms with Gasteiger partial charge in [0.1, 0.15) is 80.4 Å². The summed E-state index contributed by atoms with van der Waals surface area (Å²) in [5.74, 6) is -3.16. The Kier molecular flexibility index (Phi) is 10.2. The summed E-state index contributed by atoms with van der Waals surface area (Å²) >= 11 is 0. The average molecular weight is 546 g/mol. The van der Waals surface area contributed by atoms with Gasteiger partial charge in [-0.2, -0.15) is 0 Å². The first-order valence-electron chi connectivity index (χ1n) is 11.4. The van der Waals surface area contributed by atoms with Crippen LogP contribution < -0.4 is 0 Å². The van der Waals surface area contributed by atoms with Crippen LogP contribution in [0.4, 0.5) is 0 Å². The highest BCUT2D eigenvalue weighted by molar-refractivity contribution is 5.65. The van der Waals surface area contributed by atoms with Gasteiger partial charge in [-0.05, 0) is 0 Å². The Morgan fingerprint density at radius 2 is 1.35 bits per heavy atom. The van der Waals surface area contributed by atoms with E-state index in [1.807, 2.05) is 0 Å². The molecule has 14 atom stereocenters. The molecule has 0 aromatic heterocycles. The maximum absolute atomic E-state index is 11.1. The van der Waals surface area contributed by atoms with Crippen LogP contribution in [-0.4, -0.2) is 169 Å². The van der Waals surface area contributed by atoms with E-state index in [0.717, 1.165) is 6.92 Å². The Morgan fingerprint density at radius 3 is 1.89 bits per heavy atom. The maximum atomic E-state index is 11.1. The lowest BCUT2D eigenvalue weighted by atomic mass is 9.97. The van der Waals surface area contributed by atoms with Crippen LogP contribution in [0, 0.1) is 0 Å². The lowest BCUT2D eigenvalue weighted by molar-refractivity contribution is -0.408. The largest absolute Gasteiger partial charge is 0.463 e. The van der Waals surface area contributed by atoms with E-state index in [9.17, 15) is 55.9 Å². The molecule has 37 heavy (non-hydrogen) atoms. The summed E-state index contributed by atoms with van der Waals surface area (Å²) in [4.78, 5) is 11.1. The van der Waals surface area contributed by atoms with Crippen LogP contribution >= 0.6 is 0 Å². The zero-order valence-corrected chi connectivity index (χ0v) is 19.7. The number of aliphatic hydroxyl groups is 10. The van der Waals surface area contributed by atoms with Gasteiger partial charge in [0.2, 0.25) is 5.79 Å². The van der Waals surface area contributed by atoms with Crippen LogP contribution in [0.2, 0.25) is 0 Å². The van der Waals surface area contributed by atoms with Crippen LogP contribution in [0.5, 0.6) is 0 Å². The lowest BCUT2D eigenvalue weighted by Gasteiger charge is -2.47. The first kappa shape index (κ1) is 30.4. The summed E-state index contributed by atoms with van der Waals surface area (Å²) in [6.07, 6.45) is -22.8. The van der Waals surface area contributed by atoms with Gasteiger partial charge in [-0.1, -0.05) is 0 Å². The molecule has 3 rings (SSSR count). The summed E-state index contributed by atoms with van der Waals surface area (Å²) in [6.45, 7) is -2.18. The van der Waals surface area contributed by atoms with Gasteiger partial charge in [0.25, 0.3) is 0 Å². The zero-order chi connectivity index (χ0) is 27.7. The molecule has 0 bridgehead atoms. The quantitative estimate of drug-likeness (QED) is 0.120. The molecule has 3 aliphatic rings. The Bertz CT molecular complexity index is 756. The van der Waals surface area contributed by atoms with E-state index in [2.05, 4.69) is 0 Å². The molecule has 0 aromatic rings. The summed E-state index contributed by atoms with van der Waals surface area (Å²) < 4.78 is 32.0. The topological polar surface area (TPSA) is 275 Å². The zero-order valence-electron chi connectivity index (χ0n) is 19.7. The molecule has 0 aromatic carbocycles. The van der Waals surface area contributed by atoms with Crippen molar-refractivity contribution in [3.63, 3.8) is 0 Å². The Labute approximate surface area is 209 Å². The molecule has 0 saturated carbocycles. The molecule has 17 nitrogen and oxygen atoms in total. The van der Waals surface area contributed by atoms with Crippen LogP contribution in [0.3, 0.4) is 0 Å². The molecule has 10 N–H and O–H groups in total. The second-order valence-corrected chi connectivity index (χ2v) is 8.99. The summed E-state index contributed by atoms with van der Waals surface area (Å²) in [5.41, 5.74) is 0. The van der Waals surface area contributed by atoms with Gasteiger partial charge in [-0.15, -0.1) is 0 Å². The van der Waals surface area contributed by atoms with Crippen molar-refractivity contribution in [3.05, 3.63) is 0 Å². The molecule has 3 aliphatic heterocycles. The highest BCUT2D eigenvalue weighted by Gasteiger charge is 2.59. The van der Waals surface area contributed by atoms with Crippen molar-refractivity contribution in [1.82, 2.24) is 0 Å². The molecular formula is C20H34O17. The molecule has 17 heteroatoms. The highest BCUT2D eigenvalue weighted by atomic mass is 16.8. The van der Waals surface area contributed by atoms with E-state index < -0.39 is 118 Å². The van der Waals surface area contributed by atoms with Gasteiger partial charge < -0.3 is 79.5 Å². The third-order valence-corrected chi connectivity index (χ3v) is 6.46. The second-order valence-electron chi connectivity index (χ2n) is 8.99. The third-order valence-electron chi connectivity index (χ3n) is 6.46. The van der Waals surface area contributed by atoms with Crippen molar-refractivity contribution in [1.29, 1.82) is 0 Å². The Morgan fingerprint density at radius 1 is 0.757 bits per heavy atom. The number of carbonyl (C=O) groups is 1. The van der Waals surface area contributed by atoms with Gasteiger partial charge in [0.15, 0.2) is 12.6 Å². The minimum Gasteiger partial charge on any atom is -0.463 e. The number of rotatable bonds is 9.